The third kappa shape index (κ3) is 11.7. The van der Waals surface area contributed by atoms with Crippen LogP contribution in [-0.2, 0) is 11.8 Å². The van der Waals surface area contributed by atoms with Crippen LogP contribution in [-0.4, -0.2) is 0 Å². The van der Waals surface area contributed by atoms with Gasteiger partial charge in [-0.2, -0.15) is 0 Å². The summed E-state index contributed by atoms with van der Waals surface area (Å²) in [5, 5.41) is 2.76. The van der Waals surface area contributed by atoms with Crippen LogP contribution in [0.25, 0.3) is 55.3 Å². The van der Waals surface area contributed by atoms with Gasteiger partial charge in [-0.05, 0) is 148 Å². The summed E-state index contributed by atoms with van der Waals surface area (Å²) in [6, 6.07) is 85.5. The summed E-state index contributed by atoms with van der Waals surface area (Å²) < 4.78 is 0. The molecule has 0 nitrogen and oxygen atoms in total. The topological polar surface area (TPSA) is 0 Å². The van der Waals surface area contributed by atoms with Gasteiger partial charge in [0.05, 0.1) is 5.41 Å². The Bertz CT molecular complexity index is 3420. The molecule has 1 unspecified atom stereocenters. The van der Waals surface area contributed by atoms with E-state index in [1.165, 1.54) is 137 Å². The van der Waals surface area contributed by atoms with Gasteiger partial charge in [0, 0.05) is 0 Å². The Morgan fingerprint density at radius 1 is 0.408 bits per heavy atom. The van der Waals surface area contributed by atoms with Crippen LogP contribution in [0.4, 0.5) is 0 Å². The second kappa shape index (κ2) is 25.0. The Kier molecular flexibility index (Phi) is 17.4. The lowest BCUT2D eigenvalue weighted by Gasteiger charge is -2.31. The first-order valence-electron chi connectivity index (χ1n) is 27.7. The van der Waals surface area contributed by atoms with Crippen molar-refractivity contribution >= 4 is 10.8 Å². The summed E-state index contributed by atoms with van der Waals surface area (Å²) in [7, 11) is 0. The first-order chi connectivity index (χ1) is 37.2. The van der Waals surface area contributed by atoms with E-state index in [4.69, 9.17) is 0 Å². The zero-order chi connectivity index (χ0) is 52.9. The van der Waals surface area contributed by atoms with Crippen LogP contribution in [0.3, 0.4) is 0 Å². The average Bonchev–Trinajstić information content (AvgIpc) is 4.17. The Morgan fingerprint density at radius 3 is 1.41 bits per heavy atom. The molecule has 0 saturated carbocycles. The maximum Gasteiger partial charge on any atom is 0.0725 e. The van der Waals surface area contributed by atoms with Crippen LogP contribution in [0.5, 0.6) is 0 Å². The van der Waals surface area contributed by atoms with E-state index in [0.29, 0.717) is 5.92 Å². The Morgan fingerprint density at radius 2 is 0.882 bits per heavy atom. The lowest BCUT2D eigenvalue weighted by Crippen LogP contribution is -2.26. The molecule has 0 N–H and O–H groups in total. The fourth-order valence-electron chi connectivity index (χ4n) is 11.1. The molecule has 1 atom stereocenters. The molecule has 1 spiro atoms. The lowest BCUT2D eigenvalue weighted by atomic mass is 9.70. The summed E-state index contributed by atoms with van der Waals surface area (Å²) in [5.41, 5.74) is 24.5. The van der Waals surface area contributed by atoms with Crippen LogP contribution in [0.2, 0.25) is 0 Å². The Balaban J connectivity index is 0.000000128. The van der Waals surface area contributed by atoms with Crippen LogP contribution < -0.4 is 0 Å². The van der Waals surface area contributed by atoms with Crippen molar-refractivity contribution in [3.63, 3.8) is 0 Å². The zero-order valence-corrected chi connectivity index (χ0v) is 45.9. The van der Waals surface area contributed by atoms with Gasteiger partial charge in [-0.3, -0.25) is 0 Å². The van der Waals surface area contributed by atoms with Gasteiger partial charge in [-0.1, -0.05) is 304 Å². The molecule has 0 bridgehead atoms. The van der Waals surface area contributed by atoms with Crippen LogP contribution in [0.1, 0.15) is 109 Å². The van der Waals surface area contributed by atoms with E-state index in [2.05, 4.69) is 291 Å². The van der Waals surface area contributed by atoms with E-state index in [1.807, 2.05) is 12.1 Å². The van der Waals surface area contributed by atoms with Crippen molar-refractivity contribution in [3.8, 4) is 44.5 Å². The van der Waals surface area contributed by atoms with E-state index in [1.54, 1.807) is 0 Å². The number of allylic oxidation sites excluding steroid dienone is 4. The lowest BCUT2D eigenvalue weighted by molar-refractivity contribution is 0.725. The number of hydrogen-bond acceptors (Lipinski definition) is 0. The monoisotopic (exact) mass is 987 g/mol. The van der Waals surface area contributed by atoms with E-state index < -0.39 is 0 Å². The number of fused-ring (bicyclic) bond motifs is 11. The first-order valence-corrected chi connectivity index (χ1v) is 27.7. The summed E-state index contributed by atoms with van der Waals surface area (Å²) in [4.78, 5) is 0. The van der Waals surface area contributed by atoms with E-state index in [-0.39, 0.29) is 5.41 Å². The quantitative estimate of drug-likeness (QED) is 0.156. The van der Waals surface area contributed by atoms with Gasteiger partial charge in [0.1, 0.15) is 0 Å². The fraction of sp³-hybridized carbons (Fsp3) is 0.184. The summed E-state index contributed by atoms with van der Waals surface area (Å²) in [6.45, 7) is 15.4. The number of hydrogen-bond donors (Lipinski definition) is 0. The molecular formula is C76H74. The molecule has 0 saturated heterocycles. The molecule has 0 aliphatic heterocycles. The smallest absolute Gasteiger partial charge is 0.0725 e. The van der Waals surface area contributed by atoms with Crippen molar-refractivity contribution in [1.82, 2.24) is 0 Å². The average molecular weight is 987 g/mol. The van der Waals surface area contributed by atoms with Gasteiger partial charge in [-0.25, -0.2) is 0 Å². The molecule has 13 rings (SSSR count). The maximum atomic E-state index is 2.51. The summed E-state index contributed by atoms with van der Waals surface area (Å²) >= 11 is 0. The molecule has 378 valence electrons. The summed E-state index contributed by atoms with van der Waals surface area (Å²) in [6.07, 6.45) is 12.7. The van der Waals surface area contributed by atoms with Crippen molar-refractivity contribution in [2.75, 3.05) is 0 Å². The van der Waals surface area contributed by atoms with Gasteiger partial charge >= 0.3 is 0 Å². The molecule has 0 fully saturated rings. The van der Waals surface area contributed by atoms with E-state index in [0.717, 1.165) is 6.42 Å². The summed E-state index contributed by atoms with van der Waals surface area (Å²) in [5.74, 6) is 0.560. The van der Waals surface area contributed by atoms with Gasteiger partial charge in [-0.15, -0.1) is 0 Å². The molecule has 0 amide bonds. The highest BCUT2D eigenvalue weighted by atomic mass is 14.5. The molecule has 3 aliphatic carbocycles. The Hall–Kier alpha value is -8.06. The standard InChI is InChI=1S/C30H26.2C13H12.C13H14.C7H10/c1-4-20(3)21-14-16-25-24-15-13-19(2)17-28(24)30(29(25)18-21)26-11-7-5-9-22(26)23-10-6-8-12-27(23)30;2*1-11-7-9-13(10-8-11)12-5-3-2-4-6-12;1-2-6-11-8-5-9-12-7-3-4-10-13(11)12;1-7-5-3-2-4-6-7/h5-18,20H,4H2,1-3H3;2*2-10H,1H3;3-5,7-10H,2,6H2,1H3;3,5-6H,2,4H2,1H3. The van der Waals surface area contributed by atoms with Gasteiger partial charge < -0.3 is 0 Å². The maximum absolute atomic E-state index is 2.51. The third-order valence-electron chi connectivity index (χ3n) is 15.3. The van der Waals surface area contributed by atoms with Crippen molar-refractivity contribution in [1.29, 1.82) is 0 Å². The highest BCUT2D eigenvalue weighted by molar-refractivity contribution is 5.95. The zero-order valence-electron chi connectivity index (χ0n) is 45.9. The molecule has 76 heavy (non-hydrogen) atoms. The highest BCUT2D eigenvalue weighted by Gasteiger charge is 2.51. The van der Waals surface area contributed by atoms with Crippen molar-refractivity contribution in [2.45, 2.75) is 91.9 Å². The molecule has 0 radical (unpaired) electrons. The largest absolute Gasteiger partial charge is 0.0840 e. The molecule has 3 aliphatic rings. The normalized spacial score (nSPS) is 13.1. The van der Waals surface area contributed by atoms with Gasteiger partial charge in [0.25, 0.3) is 0 Å². The van der Waals surface area contributed by atoms with Crippen molar-refractivity contribution in [3.05, 3.63) is 310 Å². The fourth-order valence-corrected chi connectivity index (χ4v) is 11.1. The third-order valence-corrected chi connectivity index (χ3v) is 15.3. The minimum atomic E-state index is -0.215. The minimum Gasteiger partial charge on any atom is -0.0840 e. The molecule has 0 heterocycles. The van der Waals surface area contributed by atoms with Gasteiger partial charge in [0.2, 0.25) is 0 Å². The first kappa shape index (κ1) is 52.8. The SMILES string of the molecule is CC1=CCCC=C1.CCC(C)c1ccc2c(c1)C1(c3ccccc3-c3ccccc31)c1cc(C)ccc1-2.CCCc1cccc2ccccc12.Cc1ccc(-c2ccccc2)cc1.Cc1ccc(-c2ccccc2)cc1. The second-order valence-corrected chi connectivity index (χ2v) is 20.8. The van der Waals surface area contributed by atoms with Crippen molar-refractivity contribution < 1.29 is 0 Å². The van der Waals surface area contributed by atoms with E-state index in [9.17, 15) is 0 Å². The predicted octanol–water partition coefficient (Wildman–Crippen LogP) is 21.3. The molecular weight excluding hydrogens is 913 g/mol. The molecule has 0 aromatic heterocycles. The predicted molar refractivity (Wildman–Crippen MR) is 329 cm³/mol. The molecule has 10 aromatic rings. The second-order valence-electron chi connectivity index (χ2n) is 20.8. The Labute approximate surface area is 455 Å². The minimum absolute atomic E-state index is 0.215. The van der Waals surface area contributed by atoms with Crippen LogP contribution in [0, 0.1) is 20.8 Å². The number of rotatable bonds is 6. The highest BCUT2D eigenvalue weighted by Crippen LogP contribution is 2.63. The molecule has 0 heteroatoms. The van der Waals surface area contributed by atoms with Crippen molar-refractivity contribution in [2.24, 2.45) is 0 Å². The van der Waals surface area contributed by atoms with Crippen LogP contribution >= 0.6 is 0 Å². The number of benzene rings is 10. The van der Waals surface area contributed by atoms with Gasteiger partial charge in [0.15, 0.2) is 0 Å². The number of aryl methyl sites for hydroxylation is 4. The molecule has 10 aromatic carbocycles. The van der Waals surface area contributed by atoms with Crippen LogP contribution in [0.15, 0.2) is 260 Å². The van der Waals surface area contributed by atoms with E-state index >= 15 is 0 Å².